The number of rotatable bonds is 11. The van der Waals surface area contributed by atoms with Gasteiger partial charge in [0, 0.05) is 0 Å². The second kappa shape index (κ2) is 8.79. The van der Waals surface area contributed by atoms with Crippen LogP contribution in [-0.2, 0) is 14.2 Å². The number of unbranched alkanes of at least 4 members (excludes halogenated alkanes) is 2. The predicted octanol–water partition coefficient (Wildman–Crippen LogP) is 4.46. The summed E-state index contributed by atoms with van der Waals surface area (Å²) in [7, 11) is 0. The molecule has 2 aliphatic rings. The second-order valence-electron chi connectivity index (χ2n) is 6.76. The zero-order chi connectivity index (χ0) is 15.0. The summed E-state index contributed by atoms with van der Waals surface area (Å²) >= 11 is 0. The first kappa shape index (κ1) is 16.8. The fourth-order valence-electron chi connectivity index (χ4n) is 3.48. The summed E-state index contributed by atoms with van der Waals surface area (Å²) < 4.78 is 16.8. The van der Waals surface area contributed by atoms with Crippen molar-refractivity contribution in [1.29, 1.82) is 0 Å². The van der Waals surface area contributed by atoms with Gasteiger partial charge in [0.25, 0.3) is 0 Å². The summed E-state index contributed by atoms with van der Waals surface area (Å²) in [5.74, 6) is 0.731. The van der Waals surface area contributed by atoms with Crippen LogP contribution in [0.15, 0.2) is 12.8 Å². The van der Waals surface area contributed by atoms with Crippen LogP contribution in [0.3, 0.4) is 0 Å². The number of hydrogen-bond donors (Lipinski definition) is 0. The summed E-state index contributed by atoms with van der Waals surface area (Å²) in [5, 5.41) is 0. The number of epoxide rings is 1. The molecule has 1 aliphatic carbocycles. The maximum Gasteiger partial charge on any atom is 0.104 e. The first-order chi connectivity index (χ1) is 10.2. The molecule has 2 atom stereocenters. The minimum Gasteiger partial charge on any atom is -0.502 e. The van der Waals surface area contributed by atoms with E-state index in [4.69, 9.17) is 14.2 Å². The van der Waals surface area contributed by atoms with Gasteiger partial charge in [0.05, 0.1) is 31.7 Å². The van der Waals surface area contributed by atoms with Gasteiger partial charge >= 0.3 is 0 Å². The molecular weight excluding hydrogens is 264 g/mol. The smallest absolute Gasteiger partial charge is 0.104 e. The van der Waals surface area contributed by atoms with Gasteiger partial charge < -0.3 is 14.2 Å². The third kappa shape index (κ3) is 5.99. The summed E-state index contributed by atoms with van der Waals surface area (Å²) in [6.07, 6.45) is 13.4. The Bertz CT molecular complexity index is 295. The van der Waals surface area contributed by atoms with E-state index >= 15 is 0 Å². The van der Waals surface area contributed by atoms with Gasteiger partial charge in [-0.25, -0.2) is 0 Å². The minimum atomic E-state index is 0.0473. The monoisotopic (exact) mass is 296 g/mol. The molecule has 2 rings (SSSR count). The lowest BCUT2D eigenvalue weighted by Gasteiger charge is -2.40. The van der Waals surface area contributed by atoms with Crippen LogP contribution in [0.2, 0.25) is 0 Å². The van der Waals surface area contributed by atoms with Crippen LogP contribution in [0, 0.1) is 5.92 Å². The van der Waals surface area contributed by atoms with Gasteiger partial charge in [0.2, 0.25) is 0 Å². The Morgan fingerprint density at radius 3 is 2.62 bits per heavy atom. The van der Waals surface area contributed by atoms with Crippen molar-refractivity contribution >= 4 is 0 Å². The lowest BCUT2D eigenvalue weighted by atomic mass is 9.75. The van der Waals surface area contributed by atoms with Crippen molar-refractivity contribution in [3.05, 3.63) is 12.8 Å². The molecule has 0 spiro atoms. The van der Waals surface area contributed by atoms with Crippen molar-refractivity contribution in [1.82, 2.24) is 0 Å². The highest BCUT2D eigenvalue weighted by atomic mass is 16.6. The lowest BCUT2D eigenvalue weighted by molar-refractivity contribution is -0.0942. The van der Waals surface area contributed by atoms with E-state index in [9.17, 15) is 0 Å². The highest BCUT2D eigenvalue weighted by Gasteiger charge is 2.37. The quantitative estimate of drug-likeness (QED) is 0.320. The van der Waals surface area contributed by atoms with Crippen LogP contribution in [0.1, 0.15) is 64.7 Å². The van der Waals surface area contributed by atoms with Crippen LogP contribution >= 0.6 is 0 Å². The van der Waals surface area contributed by atoms with E-state index in [0.29, 0.717) is 6.10 Å². The lowest BCUT2D eigenvalue weighted by Crippen LogP contribution is -2.40. The zero-order valence-electron chi connectivity index (χ0n) is 13.6. The first-order valence-corrected chi connectivity index (χ1v) is 8.73. The predicted molar refractivity (Wildman–Crippen MR) is 85.3 cm³/mol. The van der Waals surface area contributed by atoms with E-state index in [1.165, 1.54) is 57.6 Å². The molecule has 3 nitrogen and oxygen atoms in total. The van der Waals surface area contributed by atoms with Gasteiger partial charge in [-0.1, -0.05) is 32.3 Å². The first-order valence-electron chi connectivity index (χ1n) is 8.73. The van der Waals surface area contributed by atoms with E-state index in [-0.39, 0.29) is 5.60 Å². The van der Waals surface area contributed by atoms with Crippen LogP contribution in [-0.4, -0.2) is 31.5 Å². The molecule has 1 aliphatic heterocycles. The van der Waals surface area contributed by atoms with Crippen molar-refractivity contribution in [2.24, 2.45) is 5.92 Å². The molecule has 1 heterocycles. The minimum absolute atomic E-state index is 0.0473. The SMILES string of the molecule is C=COCCCCCC(C)(OCC1CO1)C1CCCCC1. The largest absolute Gasteiger partial charge is 0.502 e. The van der Waals surface area contributed by atoms with Crippen LogP contribution in [0.5, 0.6) is 0 Å². The Kier molecular flexibility index (Phi) is 7.05. The van der Waals surface area contributed by atoms with Crippen molar-refractivity contribution in [2.75, 3.05) is 19.8 Å². The van der Waals surface area contributed by atoms with E-state index in [0.717, 1.165) is 32.2 Å². The summed E-state index contributed by atoms with van der Waals surface area (Å²) in [6, 6.07) is 0. The normalized spacial score (nSPS) is 25.3. The molecule has 1 saturated carbocycles. The molecule has 0 amide bonds. The van der Waals surface area contributed by atoms with Gasteiger partial charge in [0.1, 0.15) is 6.10 Å². The van der Waals surface area contributed by atoms with Gasteiger partial charge in [0.15, 0.2) is 0 Å². The fraction of sp³-hybridized carbons (Fsp3) is 0.889. The molecule has 0 N–H and O–H groups in total. The Hall–Kier alpha value is -0.540. The number of ether oxygens (including phenoxy) is 3. The molecule has 21 heavy (non-hydrogen) atoms. The Labute approximate surface area is 130 Å². The number of hydrogen-bond acceptors (Lipinski definition) is 3. The standard InChI is InChI=1S/C18H32O3/c1-3-19-13-9-5-8-12-18(2,21-15-17-14-20-17)16-10-6-4-7-11-16/h3,16-17H,1,4-15H2,2H3. The average molecular weight is 296 g/mol. The summed E-state index contributed by atoms with van der Waals surface area (Å²) in [4.78, 5) is 0. The zero-order valence-corrected chi connectivity index (χ0v) is 13.6. The van der Waals surface area contributed by atoms with Gasteiger partial charge in [-0.05, 0) is 44.9 Å². The molecular formula is C18H32O3. The Morgan fingerprint density at radius 1 is 1.19 bits per heavy atom. The van der Waals surface area contributed by atoms with Crippen LogP contribution in [0.25, 0.3) is 0 Å². The molecule has 1 saturated heterocycles. The van der Waals surface area contributed by atoms with Crippen molar-refractivity contribution in [3.8, 4) is 0 Å². The van der Waals surface area contributed by atoms with Crippen molar-refractivity contribution < 1.29 is 14.2 Å². The molecule has 0 aromatic heterocycles. The van der Waals surface area contributed by atoms with E-state index in [2.05, 4.69) is 13.5 Å². The fourth-order valence-corrected chi connectivity index (χ4v) is 3.48. The highest BCUT2D eigenvalue weighted by molar-refractivity contribution is 4.87. The molecule has 2 fully saturated rings. The Balaban J connectivity index is 1.74. The Morgan fingerprint density at radius 2 is 1.95 bits per heavy atom. The molecule has 0 bridgehead atoms. The second-order valence-corrected chi connectivity index (χ2v) is 6.76. The average Bonchev–Trinajstić information content (AvgIpc) is 3.34. The summed E-state index contributed by atoms with van der Waals surface area (Å²) in [5.41, 5.74) is 0.0473. The molecule has 0 aromatic rings. The molecule has 0 radical (unpaired) electrons. The topological polar surface area (TPSA) is 31.0 Å². The maximum atomic E-state index is 6.35. The molecule has 2 unspecified atom stereocenters. The van der Waals surface area contributed by atoms with Crippen molar-refractivity contribution in [3.63, 3.8) is 0 Å². The van der Waals surface area contributed by atoms with Gasteiger partial charge in [-0.15, -0.1) is 0 Å². The van der Waals surface area contributed by atoms with Gasteiger partial charge in [-0.2, -0.15) is 0 Å². The van der Waals surface area contributed by atoms with E-state index in [1.54, 1.807) is 0 Å². The van der Waals surface area contributed by atoms with E-state index < -0.39 is 0 Å². The molecule has 3 heteroatoms. The summed E-state index contributed by atoms with van der Waals surface area (Å²) in [6.45, 7) is 8.38. The highest BCUT2D eigenvalue weighted by Crippen LogP contribution is 2.38. The molecule has 122 valence electrons. The van der Waals surface area contributed by atoms with E-state index in [1.807, 2.05) is 0 Å². The third-order valence-electron chi connectivity index (χ3n) is 5.02. The maximum absolute atomic E-state index is 6.35. The van der Waals surface area contributed by atoms with Crippen LogP contribution in [0.4, 0.5) is 0 Å². The van der Waals surface area contributed by atoms with Gasteiger partial charge in [-0.3, -0.25) is 0 Å². The van der Waals surface area contributed by atoms with Crippen molar-refractivity contribution in [2.45, 2.75) is 76.4 Å². The molecule has 0 aromatic carbocycles. The third-order valence-corrected chi connectivity index (χ3v) is 5.02. The van der Waals surface area contributed by atoms with Crippen LogP contribution < -0.4 is 0 Å².